The van der Waals surface area contributed by atoms with E-state index in [-0.39, 0.29) is 23.8 Å². The van der Waals surface area contributed by atoms with Crippen molar-refractivity contribution in [3.63, 3.8) is 0 Å². The number of rotatable bonds is 13. The Morgan fingerprint density at radius 3 is 2.11 bits per heavy atom. The van der Waals surface area contributed by atoms with Crippen LogP contribution in [0.25, 0.3) is 0 Å². The molecular weight excluding hydrogens is 650 g/mol. The first kappa shape index (κ1) is 33.9. The van der Waals surface area contributed by atoms with Crippen LogP contribution in [-0.2, 0) is 32.6 Å². The van der Waals surface area contributed by atoms with Crippen molar-refractivity contribution in [2.24, 2.45) is 0 Å². The maximum absolute atomic E-state index is 14.6. The Morgan fingerprint density at radius 2 is 1.47 bits per heavy atom. The van der Waals surface area contributed by atoms with Crippen LogP contribution in [0.4, 0.5) is 5.69 Å². The minimum absolute atomic E-state index is 0.0859. The second-order valence-corrected chi connectivity index (χ2v) is 14.0. The Balaban J connectivity index is 1.82. The van der Waals surface area contributed by atoms with Gasteiger partial charge in [-0.3, -0.25) is 13.9 Å². The minimum atomic E-state index is -4.16. The minimum Gasteiger partial charge on any atom is -0.354 e. The van der Waals surface area contributed by atoms with E-state index in [0.717, 1.165) is 33.1 Å². The van der Waals surface area contributed by atoms with Crippen LogP contribution >= 0.6 is 15.9 Å². The van der Waals surface area contributed by atoms with Crippen molar-refractivity contribution in [1.82, 2.24) is 10.2 Å². The molecule has 7 nitrogen and oxygen atoms in total. The first-order valence-electron chi connectivity index (χ1n) is 15.0. The average Bonchev–Trinajstić information content (AvgIpc) is 3.03. The molecule has 0 fully saturated rings. The molecule has 0 unspecified atom stereocenters. The SMILES string of the molecule is CCCNC(=O)[C@H](Cc1ccccc1)N(Cc1ccc(Br)cc1)C(=O)CN(c1cc(C)ccc1C)S(=O)(=O)c1ccc(C)cc1. The number of hydrogen-bond acceptors (Lipinski definition) is 4. The number of hydrogen-bond donors (Lipinski definition) is 1. The number of benzene rings is 4. The standard InChI is InChI=1S/C36H40BrN3O4S/c1-5-21-38-36(42)34(23-29-9-7-6-8-10-29)39(24-30-15-17-31(37)18-16-30)35(41)25-40(33-22-27(3)11-14-28(33)4)45(43,44)32-19-12-26(2)13-20-32/h6-20,22,34H,5,21,23-25H2,1-4H3,(H,38,42)/t34-/m0/s1. The molecule has 0 radical (unpaired) electrons. The lowest BCUT2D eigenvalue weighted by molar-refractivity contribution is -0.140. The van der Waals surface area contributed by atoms with Gasteiger partial charge in [0.2, 0.25) is 11.8 Å². The van der Waals surface area contributed by atoms with Gasteiger partial charge in [0.25, 0.3) is 10.0 Å². The summed E-state index contributed by atoms with van der Waals surface area (Å²) in [6.07, 6.45) is 1.01. The summed E-state index contributed by atoms with van der Waals surface area (Å²) in [5.41, 5.74) is 4.62. The molecule has 4 aromatic rings. The van der Waals surface area contributed by atoms with Crippen molar-refractivity contribution in [1.29, 1.82) is 0 Å². The largest absolute Gasteiger partial charge is 0.354 e. The van der Waals surface area contributed by atoms with E-state index in [2.05, 4.69) is 21.2 Å². The Kier molecular flexibility index (Phi) is 11.6. The Labute approximate surface area is 275 Å². The molecule has 0 aliphatic rings. The first-order valence-corrected chi connectivity index (χ1v) is 17.2. The van der Waals surface area contributed by atoms with Gasteiger partial charge in [-0.2, -0.15) is 0 Å². The second-order valence-electron chi connectivity index (χ2n) is 11.3. The van der Waals surface area contributed by atoms with Crippen molar-refractivity contribution in [2.45, 2.75) is 58.0 Å². The molecule has 0 spiro atoms. The molecule has 45 heavy (non-hydrogen) atoms. The van der Waals surface area contributed by atoms with Crippen LogP contribution in [0.1, 0.15) is 41.2 Å². The molecule has 0 aromatic heterocycles. The monoisotopic (exact) mass is 689 g/mol. The van der Waals surface area contributed by atoms with Crippen LogP contribution in [0.5, 0.6) is 0 Å². The average molecular weight is 691 g/mol. The number of carbonyl (C=O) groups is 2. The van der Waals surface area contributed by atoms with E-state index in [1.54, 1.807) is 30.3 Å². The number of carbonyl (C=O) groups excluding carboxylic acids is 2. The highest BCUT2D eigenvalue weighted by Crippen LogP contribution is 2.29. The van der Waals surface area contributed by atoms with Gasteiger partial charge >= 0.3 is 0 Å². The summed E-state index contributed by atoms with van der Waals surface area (Å²) in [7, 11) is -4.16. The van der Waals surface area contributed by atoms with Gasteiger partial charge in [-0.15, -0.1) is 0 Å². The molecular formula is C36H40BrN3O4S. The zero-order valence-corrected chi connectivity index (χ0v) is 28.6. The van der Waals surface area contributed by atoms with Gasteiger partial charge in [0.1, 0.15) is 12.6 Å². The third-order valence-electron chi connectivity index (χ3n) is 7.61. The zero-order chi connectivity index (χ0) is 32.6. The number of nitrogens with one attached hydrogen (secondary N) is 1. The van der Waals surface area contributed by atoms with Gasteiger partial charge < -0.3 is 10.2 Å². The first-order chi connectivity index (χ1) is 21.5. The van der Waals surface area contributed by atoms with E-state index in [1.165, 1.54) is 9.21 Å². The summed E-state index contributed by atoms with van der Waals surface area (Å²) in [6.45, 7) is 7.66. The summed E-state index contributed by atoms with van der Waals surface area (Å²) in [5, 5.41) is 2.97. The van der Waals surface area contributed by atoms with Gasteiger partial charge in [0, 0.05) is 24.0 Å². The van der Waals surface area contributed by atoms with Crippen LogP contribution in [0, 0.1) is 20.8 Å². The highest BCUT2D eigenvalue weighted by atomic mass is 79.9. The van der Waals surface area contributed by atoms with E-state index >= 15 is 0 Å². The van der Waals surface area contributed by atoms with E-state index in [0.29, 0.717) is 17.8 Å². The molecule has 9 heteroatoms. The number of amides is 2. The fraction of sp³-hybridized carbons (Fsp3) is 0.278. The summed E-state index contributed by atoms with van der Waals surface area (Å²) >= 11 is 3.47. The lowest BCUT2D eigenvalue weighted by Crippen LogP contribution is -2.53. The quantitative estimate of drug-likeness (QED) is 0.169. The summed E-state index contributed by atoms with van der Waals surface area (Å²) < 4.78 is 30.6. The van der Waals surface area contributed by atoms with Gasteiger partial charge in [-0.05, 0) is 79.8 Å². The van der Waals surface area contributed by atoms with Crippen LogP contribution in [0.3, 0.4) is 0 Å². The maximum Gasteiger partial charge on any atom is 0.264 e. The molecule has 0 aliphatic heterocycles. The Bertz CT molecular complexity index is 1710. The normalized spacial score (nSPS) is 11.9. The molecule has 0 heterocycles. The van der Waals surface area contributed by atoms with Crippen LogP contribution in [0.15, 0.2) is 106 Å². The van der Waals surface area contributed by atoms with E-state index < -0.39 is 28.5 Å². The highest BCUT2D eigenvalue weighted by molar-refractivity contribution is 9.10. The third kappa shape index (κ3) is 8.83. The fourth-order valence-electron chi connectivity index (χ4n) is 5.05. The maximum atomic E-state index is 14.6. The van der Waals surface area contributed by atoms with Crippen molar-refractivity contribution >= 4 is 43.5 Å². The van der Waals surface area contributed by atoms with Crippen molar-refractivity contribution in [3.05, 3.63) is 129 Å². The number of nitrogens with zero attached hydrogens (tertiary/aromatic N) is 2. The summed E-state index contributed by atoms with van der Waals surface area (Å²) in [4.78, 5) is 29.9. The lowest BCUT2D eigenvalue weighted by atomic mass is 10.0. The Morgan fingerprint density at radius 1 is 0.822 bits per heavy atom. The number of aryl methyl sites for hydroxylation is 3. The van der Waals surface area contributed by atoms with Crippen LogP contribution in [-0.4, -0.2) is 44.3 Å². The van der Waals surface area contributed by atoms with Crippen LogP contribution in [0.2, 0.25) is 0 Å². The van der Waals surface area contributed by atoms with Gasteiger partial charge in [0.05, 0.1) is 10.6 Å². The predicted molar refractivity (Wildman–Crippen MR) is 184 cm³/mol. The number of anilines is 1. The molecule has 0 saturated carbocycles. The van der Waals surface area contributed by atoms with Crippen molar-refractivity contribution in [2.75, 3.05) is 17.4 Å². The molecule has 4 aromatic carbocycles. The van der Waals surface area contributed by atoms with Crippen LogP contribution < -0.4 is 9.62 Å². The molecule has 0 saturated heterocycles. The van der Waals surface area contributed by atoms with Gasteiger partial charge in [0.15, 0.2) is 0 Å². The van der Waals surface area contributed by atoms with Gasteiger partial charge in [-0.1, -0.05) is 95.1 Å². The Hall–Kier alpha value is -3.95. The van der Waals surface area contributed by atoms with Crippen molar-refractivity contribution < 1.29 is 18.0 Å². The number of halogens is 1. The molecule has 0 bridgehead atoms. The van der Waals surface area contributed by atoms with E-state index in [9.17, 15) is 18.0 Å². The van der Waals surface area contributed by atoms with Crippen molar-refractivity contribution in [3.8, 4) is 0 Å². The smallest absolute Gasteiger partial charge is 0.264 e. The number of sulfonamides is 1. The molecule has 1 N–H and O–H groups in total. The predicted octanol–water partition coefficient (Wildman–Crippen LogP) is 6.74. The molecule has 0 aliphatic carbocycles. The molecule has 4 rings (SSSR count). The zero-order valence-electron chi connectivity index (χ0n) is 26.2. The lowest BCUT2D eigenvalue weighted by Gasteiger charge is -2.34. The van der Waals surface area contributed by atoms with Gasteiger partial charge in [-0.25, -0.2) is 8.42 Å². The highest BCUT2D eigenvalue weighted by Gasteiger charge is 2.35. The third-order valence-corrected chi connectivity index (χ3v) is 9.91. The van der Waals surface area contributed by atoms with E-state index in [1.807, 2.05) is 94.4 Å². The molecule has 236 valence electrons. The summed E-state index contributed by atoms with van der Waals surface area (Å²) in [5.74, 6) is -0.770. The molecule has 2 amide bonds. The van der Waals surface area contributed by atoms with E-state index in [4.69, 9.17) is 0 Å². The molecule has 1 atom stereocenters. The fourth-order valence-corrected chi connectivity index (χ4v) is 6.78. The second kappa shape index (κ2) is 15.4. The summed E-state index contributed by atoms with van der Waals surface area (Å²) in [6, 6.07) is 28.3. The topological polar surface area (TPSA) is 86.8 Å².